The van der Waals surface area contributed by atoms with Crippen molar-refractivity contribution in [1.82, 2.24) is 20.1 Å². The van der Waals surface area contributed by atoms with Crippen LogP contribution in [-0.2, 0) is 0 Å². The fourth-order valence-electron chi connectivity index (χ4n) is 4.11. The minimum absolute atomic E-state index is 0.0167. The molecule has 0 unspecified atom stereocenters. The summed E-state index contributed by atoms with van der Waals surface area (Å²) in [5.74, 6) is 1.06. The summed E-state index contributed by atoms with van der Waals surface area (Å²) in [5, 5.41) is 5.92. The van der Waals surface area contributed by atoms with Crippen molar-refractivity contribution < 1.29 is 14.3 Å². The number of carbonyl (C=O) groups excluding carboxylic acids is 2. The monoisotopic (exact) mass is 459 g/mol. The number of nitrogens with one attached hydrogen (secondary N) is 2. The van der Waals surface area contributed by atoms with E-state index >= 15 is 0 Å². The number of aromatic nitrogens is 1. The fourth-order valence-corrected chi connectivity index (χ4v) is 4.11. The van der Waals surface area contributed by atoms with Gasteiger partial charge < -0.3 is 20.3 Å². The number of pyridine rings is 1. The summed E-state index contributed by atoms with van der Waals surface area (Å²) in [6, 6.07) is 18.6. The lowest BCUT2D eigenvalue weighted by Crippen LogP contribution is -2.49. The molecule has 3 aromatic rings. The molecule has 34 heavy (non-hydrogen) atoms. The molecule has 176 valence electrons. The highest BCUT2D eigenvalue weighted by Crippen LogP contribution is 2.28. The van der Waals surface area contributed by atoms with Crippen LogP contribution in [0.25, 0.3) is 0 Å². The minimum Gasteiger partial charge on any atom is -0.497 e. The molecule has 8 heteroatoms. The Hall–Kier alpha value is -3.91. The van der Waals surface area contributed by atoms with Crippen molar-refractivity contribution >= 4 is 23.3 Å². The standard InChI is InChI=1S/C26H29N5O3/c1-27-25(32)19-7-4-6-18(16-19)23-17-31(15-14-30(23)2)26(33)22-8-5-13-28-24(22)29-20-9-11-21(34-3)12-10-20/h4-13,16,23H,14-15,17H2,1-3H3,(H,27,32)(H,28,29)/t23-/m1/s1. The van der Waals surface area contributed by atoms with Gasteiger partial charge in [0.25, 0.3) is 11.8 Å². The molecule has 0 saturated carbocycles. The van der Waals surface area contributed by atoms with Crippen molar-refractivity contribution in [3.8, 4) is 5.75 Å². The van der Waals surface area contributed by atoms with Crippen molar-refractivity contribution in [3.05, 3.63) is 83.6 Å². The molecule has 1 aliphatic rings. The minimum atomic E-state index is -0.127. The van der Waals surface area contributed by atoms with Gasteiger partial charge in [0.2, 0.25) is 0 Å². The van der Waals surface area contributed by atoms with Crippen molar-refractivity contribution in [1.29, 1.82) is 0 Å². The Bertz CT molecular complexity index is 1170. The summed E-state index contributed by atoms with van der Waals surface area (Å²) >= 11 is 0. The molecule has 2 N–H and O–H groups in total. The fraction of sp³-hybridized carbons (Fsp3) is 0.269. The lowest BCUT2D eigenvalue weighted by atomic mass is 9.99. The largest absolute Gasteiger partial charge is 0.497 e. The van der Waals surface area contributed by atoms with Gasteiger partial charge in [-0.25, -0.2) is 4.98 Å². The highest BCUT2D eigenvalue weighted by Gasteiger charge is 2.30. The first-order chi connectivity index (χ1) is 16.5. The first-order valence-electron chi connectivity index (χ1n) is 11.2. The highest BCUT2D eigenvalue weighted by atomic mass is 16.5. The summed E-state index contributed by atoms with van der Waals surface area (Å²) < 4.78 is 5.21. The third kappa shape index (κ3) is 5.02. The number of ether oxygens (including phenoxy) is 1. The van der Waals surface area contributed by atoms with Gasteiger partial charge in [0.05, 0.1) is 18.7 Å². The van der Waals surface area contributed by atoms with E-state index in [4.69, 9.17) is 4.74 Å². The zero-order valence-corrected chi connectivity index (χ0v) is 19.6. The lowest BCUT2D eigenvalue weighted by molar-refractivity contribution is 0.0546. The average molecular weight is 460 g/mol. The number of carbonyl (C=O) groups is 2. The van der Waals surface area contributed by atoms with E-state index in [9.17, 15) is 9.59 Å². The number of rotatable bonds is 6. The van der Waals surface area contributed by atoms with Gasteiger partial charge in [0, 0.05) is 44.1 Å². The van der Waals surface area contributed by atoms with Gasteiger partial charge in [-0.15, -0.1) is 0 Å². The maximum absolute atomic E-state index is 13.6. The number of nitrogens with zero attached hydrogens (tertiary/aromatic N) is 3. The molecule has 1 fully saturated rings. The molecular weight excluding hydrogens is 430 g/mol. The second-order valence-electron chi connectivity index (χ2n) is 8.21. The van der Waals surface area contributed by atoms with Gasteiger partial charge in [-0.1, -0.05) is 12.1 Å². The molecule has 0 radical (unpaired) electrons. The van der Waals surface area contributed by atoms with E-state index in [1.165, 1.54) is 0 Å². The second kappa shape index (κ2) is 10.4. The number of benzene rings is 2. The Labute approximate surface area is 199 Å². The molecular formula is C26H29N5O3. The first kappa shape index (κ1) is 23.3. The Kier molecular flexibility index (Phi) is 7.08. The maximum atomic E-state index is 13.6. The summed E-state index contributed by atoms with van der Waals surface area (Å²) in [6.07, 6.45) is 1.67. The number of amides is 2. The number of piperazine rings is 1. The van der Waals surface area contributed by atoms with E-state index in [2.05, 4.69) is 20.5 Å². The van der Waals surface area contributed by atoms with Crippen LogP contribution < -0.4 is 15.4 Å². The SMILES string of the molecule is CNC(=O)c1cccc([C@H]2CN(C(=O)c3cccnc3Nc3ccc(OC)cc3)CCN2C)c1. The smallest absolute Gasteiger partial charge is 0.257 e. The van der Waals surface area contributed by atoms with E-state index < -0.39 is 0 Å². The molecule has 0 aliphatic carbocycles. The zero-order valence-electron chi connectivity index (χ0n) is 19.6. The highest BCUT2D eigenvalue weighted by molar-refractivity contribution is 5.99. The predicted octanol–water partition coefficient (Wildman–Crippen LogP) is 3.32. The summed E-state index contributed by atoms with van der Waals surface area (Å²) in [5.41, 5.74) is 2.94. The van der Waals surface area contributed by atoms with Crippen LogP contribution in [0.5, 0.6) is 5.75 Å². The first-order valence-corrected chi connectivity index (χ1v) is 11.2. The Balaban J connectivity index is 1.55. The quantitative estimate of drug-likeness (QED) is 0.588. The number of hydrogen-bond donors (Lipinski definition) is 2. The Morgan fingerprint density at radius 1 is 1.06 bits per heavy atom. The summed E-state index contributed by atoms with van der Waals surface area (Å²) in [7, 11) is 5.28. The molecule has 1 saturated heterocycles. The molecule has 0 bridgehead atoms. The van der Waals surface area contributed by atoms with Gasteiger partial charge in [0.15, 0.2) is 0 Å². The third-order valence-corrected chi connectivity index (χ3v) is 6.09. The van der Waals surface area contributed by atoms with Gasteiger partial charge in [0.1, 0.15) is 11.6 Å². The van der Waals surface area contributed by atoms with Crippen LogP contribution in [0.4, 0.5) is 11.5 Å². The van der Waals surface area contributed by atoms with Gasteiger partial charge >= 0.3 is 0 Å². The topological polar surface area (TPSA) is 86.8 Å². The Morgan fingerprint density at radius 3 is 2.59 bits per heavy atom. The molecule has 4 rings (SSSR count). The summed E-state index contributed by atoms with van der Waals surface area (Å²) in [6.45, 7) is 1.85. The zero-order chi connectivity index (χ0) is 24.1. The number of anilines is 2. The van der Waals surface area contributed by atoms with Gasteiger partial charge in [-0.3, -0.25) is 14.5 Å². The van der Waals surface area contributed by atoms with Crippen LogP contribution in [0, 0.1) is 0 Å². The van der Waals surface area contributed by atoms with Crippen LogP contribution in [0.1, 0.15) is 32.3 Å². The van der Waals surface area contributed by atoms with Crippen molar-refractivity contribution in [2.75, 3.05) is 46.2 Å². The molecule has 1 aliphatic heterocycles. The van der Waals surface area contributed by atoms with Gasteiger partial charge in [-0.2, -0.15) is 0 Å². The van der Waals surface area contributed by atoms with Crippen molar-refractivity contribution in [2.45, 2.75) is 6.04 Å². The molecule has 1 atom stereocenters. The van der Waals surface area contributed by atoms with E-state index in [1.54, 1.807) is 38.6 Å². The summed E-state index contributed by atoms with van der Waals surface area (Å²) in [4.78, 5) is 34.1. The molecule has 2 aromatic carbocycles. The molecule has 1 aromatic heterocycles. The molecule has 0 spiro atoms. The normalized spacial score (nSPS) is 16.1. The predicted molar refractivity (Wildman–Crippen MR) is 132 cm³/mol. The van der Waals surface area contributed by atoms with E-state index in [1.807, 2.05) is 54.4 Å². The van der Waals surface area contributed by atoms with E-state index in [-0.39, 0.29) is 17.9 Å². The lowest BCUT2D eigenvalue weighted by Gasteiger charge is -2.40. The van der Waals surface area contributed by atoms with E-state index in [0.717, 1.165) is 23.5 Å². The van der Waals surface area contributed by atoms with Crippen molar-refractivity contribution in [2.24, 2.45) is 0 Å². The molecule has 8 nitrogen and oxygen atoms in total. The van der Waals surface area contributed by atoms with Gasteiger partial charge in [-0.05, 0) is 61.1 Å². The number of likely N-dealkylation sites (N-methyl/N-ethyl adjacent to an activating group) is 1. The van der Waals surface area contributed by atoms with Crippen molar-refractivity contribution in [3.63, 3.8) is 0 Å². The molecule has 2 amide bonds. The van der Waals surface area contributed by atoms with Crippen LogP contribution in [-0.4, -0.2) is 67.4 Å². The van der Waals surface area contributed by atoms with Crippen LogP contribution in [0.15, 0.2) is 66.9 Å². The Morgan fingerprint density at radius 2 is 1.85 bits per heavy atom. The van der Waals surface area contributed by atoms with Crippen LogP contribution in [0.3, 0.4) is 0 Å². The second-order valence-corrected chi connectivity index (χ2v) is 8.21. The van der Waals surface area contributed by atoms with E-state index in [0.29, 0.717) is 30.0 Å². The third-order valence-electron chi connectivity index (χ3n) is 6.09. The number of hydrogen-bond acceptors (Lipinski definition) is 6. The molecule has 2 heterocycles. The van der Waals surface area contributed by atoms with Crippen LogP contribution in [0.2, 0.25) is 0 Å². The maximum Gasteiger partial charge on any atom is 0.257 e. The van der Waals surface area contributed by atoms with Crippen LogP contribution >= 0.6 is 0 Å². The number of methoxy groups -OCH3 is 1. The average Bonchev–Trinajstić information content (AvgIpc) is 2.89.